The second-order valence-corrected chi connectivity index (χ2v) is 3.22. The Morgan fingerprint density at radius 1 is 1.36 bits per heavy atom. The fourth-order valence-electron chi connectivity index (χ4n) is 1.01. The summed E-state index contributed by atoms with van der Waals surface area (Å²) < 4.78 is 5.01. The Morgan fingerprint density at radius 2 is 1.93 bits per heavy atom. The largest absolute Gasteiger partial charge is 0.497 e. The molecular formula is C11H11ClO2. The molecule has 0 heterocycles. The number of hydrogen-bond donors (Lipinski definition) is 0. The molecule has 0 unspecified atom stereocenters. The molecule has 0 spiro atoms. The van der Waals surface area contributed by atoms with Crippen LogP contribution in [0.5, 0.6) is 5.75 Å². The van der Waals surface area contributed by atoms with Crippen molar-refractivity contribution in [1.82, 2.24) is 0 Å². The van der Waals surface area contributed by atoms with Crippen LogP contribution in [0, 0.1) is 0 Å². The Hall–Kier alpha value is -1.28. The summed E-state index contributed by atoms with van der Waals surface area (Å²) in [6.45, 7) is 1.68. The molecule has 0 aliphatic carbocycles. The molecule has 0 amide bonds. The third-order valence-electron chi connectivity index (χ3n) is 1.81. The van der Waals surface area contributed by atoms with E-state index in [1.165, 1.54) is 0 Å². The van der Waals surface area contributed by atoms with Gasteiger partial charge in [-0.15, -0.1) is 0 Å². The van der Waals surface area contributed by atoms with Gasteiger partial charge in [0.15, 0.2) is 0 Å². The van der Waals surface area contributed by atoms with Crippen LogP contribution in [-0.4, -0.2) is 12.4 Å². The van der Waals surface area contributed by atoms with Crippen LogP contribution in [0.2, 0.25) is 0 Å². The number of carbonyl (C=O) groups excluding carboxylic acids is 1. The van der Waals surface area contributed by atoms with Crippen molar-refractivity contribution in [1.29, 1.82) is 0 Å². The average molecular weight is 211 g/mol. The van der Waals surface area contributed by atoms with E-state index in [1.54, 1.807) is 20.1 Å². The summed E-state index contributed by atoms with van der Waals surface area (Å²) in [5, 5.41) is -0.430. The van der Waals surface area contributed by atoms with Gasteiger partial charge in [-0.05, 0) is 42.3 Å². The summed E-state index contributed by atoms with van der Waals surface area (Å²) in [7, 11) is 1.61. The van der Waals surface area contributed by atoms with Gasteiger partial charge < -0.3 is 4.74 Å². The SMILES string of the molecule is COc1ccc(/C=C(\C)C(=O)Cl)cc1. The maximum atomic E-state index is 10.7. The molecule has 74 valence electrons. The summed E-state index contributed by atoms with van der Waals surface area (Å²) in [5.74, 6) is 0.789. The van der Waals surface area contributed by atoms with Gasteiger partial charge in [-0.1, -0.05) is 12.1 Å². The first-order valence-corrected chi connectivity index (χ1v) is 4.53. The number of hydrogen-bond acceptors (Lipinski definition) is 2. The lowest BCUT2D eigenvalue weighted by atomic mass is 10.1. The zero-order valence-electron chi connectivity index (χ0n) is 8.08. The highest BCUT2D eigenvalue weighted by atomic mass is 35.5. The van der Waals surface area contributed by atoms with Crippen LogP contribution >= 0.6 is 11.6 Å². The minimum Gasteiger partial charge on any atom is -0.497 e. The predicted molar refractivity (Wildman–Crippen MR) is 57.5 cm³/mol. The molecule has 0 bridgehead atoms. The standard InChI is InChI=1S/C11H11ClO2/c1-8(11(12)13)7-9-3-5-10(14-2)6-4-9/h3-7H,1-2H3/b8-7+. The Morgan fingerprint density at radius 3 is 2.36 bits per heavy atom. The predicted octanol–water partition coefficient (Wildman–Crippen LogP) is 2.86. The van der Waals surface area contributed by atoms with Gasteiger partial charge in [0.25, 0.3) is 0 Å². The van der Waals surface area contributed by atoms with Gasteiger partial charge >= 0.3 is 0 Å². The van der Waals surface area contributed by atoms with Gasteiger partial charge in [0.05, 0.1) is 7.11 Å². The van der Waals surface area contributed by atoms with Crippen LogP contribution < -0.4 is 4.74 Å². The minimum atomic E-state index is -0.430. The first-order chi connectivity index (χ1) is 6.63. The van der Waals surface area contributed by atoms with Gasteiger partial charge in [-0.25, -0.2) is 0 Å². The van der Waals surface area contributed by atoms with Crippen LogP contribution in [0.1, 0.15) is 12.5 Å². The molecule has 1 aromatic rings. The van der Waals surface area contributed by atoms with Crippen molar-refractivity contribution in [3.8, 4) is 5.75 Å². The molecule has 1 aromatic carbocycles. The van der Waals surface area contributed by atoms with Crippen LogP contribution in [0.4, 0.5) is 0 Å². The lowest BCUT2D eigenvalue weighted by molar-refractivity contribution is -0.108. The molecule has 14 heavy (non-hydrogen) atoms. The number of methoxy groups -OCH3 is 1. The Labute approximate surface area is 88.1 Å². The summed E-state index contributed by atoms with van der Waals surface area (Å²) in [4.78, 5) is 10.7. The van der Waals surface area contributed by atoms with Crippen LogP contribution in [-0.2, 0) is 4.79 Å². The maximum Gasteiger partial charge on any atom is 0.248 e. The number of allylic oxidation sites excluding steroid dienone is 1. The van der Waals surface area contributed by atoms with E-state index in [2.05, 4.69) is 0 Å². The fourth-order valence-corrected chi connectivity index (χ4v) is 1.06. The molecular weight excluding hydrogens is 200 g/mol. The van der Waals surface area contributed by atoms with Gasteiger partial charge in [0.1, 0.15) is 5.75 Å². The molecule has 0 saturated carbocycles. The third-order valence-corrected chi connectivity index (χ3v) is 2.11. The molecule has 0 aromatic heterocycles. The fraction of sp³-hybridized carbons (Fsp3) is 0.182. The number of benzene rings is 1. The topological polar surface area (TPSA) is 26.3 Å². The Bertz CT molecular complexity index is 352. The molecule has 0 fully saturated rings. The lowest BCUT2D eigenvalue weighted by Gasteiger charge is -1.99. The molecule has 0 aliphatic heterocycles. The quantitative estimate of drug-likeness (QED) is 0.567. The number of rotatable bonds is 3. The molecule has 0 atom stereocenters. The van der Waals surface area contributed by atoms with E-state index >= 15 is 0 Å². The molecule has 3 heteroatoms. The first kappa shape index (κ1) is 10.8. The maximum absolute atomic E-state index is 10.7. The molecule has 0 N–H and O–H groups in total. The van der Waals surface area contributed by atoms with Crippen molar-refractivity contribution >= 4 is 22.9 Å². The summed E-state index contributed by atoms with van der Waals surface area (Å²) in [5.41, 5.74) is 1.45. The van der Waals surface area contributed by atoms with Crippen molar-refractivity contribution in [3.63, 3.8) is 0 Å². The first-order valence-electron chi connectivity index (χ1n) is 4.15. The minimum absolute atomic E-state index is 0.430. The molecule has 0 radical (unpaired) electrons. The average Bonchev–Trinajstić information content (AvgIpc) is 2.19. The smallest absolute Gasteiger partial charge is 0.248 e. The summed E-state index contributed by atoms with van der Waals surface area (Å²) >= 11 is 5.30. The van der Waals surface area contributed by atoms with Gasteiger partial charge in [0, 0.05) is 5.57 Å². The molecule has 2 nitrogen and oxygen atoms in total. The Kier molecular flexibility index (Phi) is 3.72. The zero-order valence-corrected chi connectivity index (χ0v) is 8.84. The van der Waals surface area contributed by atoms with Crippen molar-refractivity contribution in [2.75, 3.05) is 7.11 Å². The summed E-state index contributed by atoms with van der Waals surface area (Å²) in [6, 6.07) is 7.39. The molecule has 0 aliphatic rings. The van der Waals surface area contributed by atoms with Crippen molar-refractivity contribution < 1.29 is 9.53 Å². The number of carbonyl (C=O) groups is 1. The van der Waals surface area contributed by atoms with E-state index in [0.717, 1.165) is 11.3 Å². The van der Waals surface area contributed by atoms with Crippen molar-refractivity contribution in [3.05, 3.63) is 35.4 Å². The van der Waals surface area contributed by atoms with Gasteiger partial charge in [-0.2, -0.15) is 0 Å². The Balaban J connectivity index is 2.88. The van der Waals surface area contributed by atoms with Gasteiger partial charge in [-0.3, -0.25) is 4.79 Å². The second-order valence-electron chi connectivity index (χ2n) is 2.87. The van der Waals surface area contributed by atoms with E-state index in [1.807, 2.05) is 24.3 Å². The second kappa shape index (κ2) is 4.82. The van der Waals surface area contributed by atoms with Gasteiger partial charge in [0.2, 0.25) is 5.24 Å². The van der Waals surface area contributed by atoms with Crippen LogP contribution in [0.15, 0.2) is 29.8 Å². The molecule has 0 saturated heterocycles. The van der Waals surface area contributed by atoms with E-state index in [4.69, 9.17) is 16.3 Å². The highest BCUT2D eigenvalue weighted by Crippen LogP contribution is 2.14. The van der Waals surface area contributed by atoms with E-state index in [0.29, 0.717) is 5.57 Å². The number of ether oxygens (including phenoxy) is 1. The zero-order chi connectivity index (χ0) is 10.6. The third kappa shape index (κ3) is 2.89. The highest BCUT2D eigenvalue weighted by molar-refractivity contribution is 6.68. The highest BCUT2D eigenvalue weighted by Gasteiger charge is 1.98. The van der Waals surface area contributed by atoms with E-state index in [-0.39, 0.29) is 0 Å². The number of halogens is 1. The lowest BCUT2D eigenvalue weighted by Crippen LogP contribution is -1.87. The molecule has 1 rings (SSSR count). The monoisotopic (exact) mass is 210 g/mol. The summed E-state index contributed by atoms with van der Waals surface area (Å²) in [6.07, 6.45) is 1.73. The van der Waals surface area contributed by atoms with Crippen molar-refractivity contribution in [2.24, 2.45) is 0 Å². The van der Waals surface area contributed by atoms with E-state index in [9.17, 15) is 4.79 Å². The normalized spacial score (nSPS) is 11.2. The van der Waals surface area contributed by atoms with E-state index < -0.39 is 5.24 Å². The van der Waals surface area contributed by atoms with Crippen molar-refractivity contribution in [2.45, 2.75) is 6.92 Å². The van der Waals surface area contributed by atoms with Crippen LogP contribution in [0.3, 0.4) is 0 Å². The van der Waals surface area contributed by atoms with Crippen LogP contribution in [0.25, 0.3) is 6.08 Å².